The van der Waals surface area contributed by atoms with Gasteiger partial charge in [0.1, 0.15) is 19.8 Å². The van der Waals surface area contributed by atoms with E-state index >= 15 is 0 Å². The minimum atomic E-state index is -4.39. The molecule has 0 saturated carbocycles. The van der Waals surface area contributed by atoms with Gasteiger partial charge >= 0.3 is 19.8 Å². The van der Waals surface area contributed by atoms with Crippen LogP contribution in [0.3, 0.4) is 0 Å². The van der Waals surface area contributed by atoms with E-state index in [0.29, 0.717) is 30.3 Å². The third-order valence-electron chi connectivity index (χ3n) is 8.12. The average molecular weight is 743 g/mol. The largest absolute Gasteiger partial charge is 0.472 e. The molecule has 2 atom stereocenters. The summed E-state index contributed by atoms with van der Waals surface area (Å²) < 4.78 is 34.1. The molecule has 51 heavy (non-hydrogen) atoms. The van der Waals surface area contributed by atoms with Crippen LogP contribution in [0.4, 0.5) is 0 Å². The molecule has 0 spiro atoms. The normalized spacial score (nSPS) is 14.0. The van der Waals surface area contributed by atoms with Crippen molar-refractivity contribution in [2.24, 2.45) is 0 Å². The predicted molar refractivity (Wildman–Crippen MR) is 206 cm³/mol. The Morgan fingerprint density at radius 2 is 1.20 bits per heavy atom. The number of phosphoric ester groups is 1. The van der Waals surface area contributed by atoms with Crippen LogP contribution in [0.25, 0.3) is 0 Å². The van der Waals surface area contributed by atoms with Crippen molar-refractivity contribution in [1.29, 1.82) is 0 Å². The summed E-state index contributed by atoms with van der Waals surface area (Å²) in [5, 5.41) is 0. The molecule has 0 heterocycles. The highest BCUT2D eigenvalue weighted by Gasteiger charge is 2.27. The molecule has 11 heteroatoms. The maximum absolute atomic E-state index is 12.6. The number of unbranched alkanes of at least 4 members (excludes halogenated alkanes) is 14. The lowest BCUT2D eigenvalue weighted by Gasteiger charge is -2.24. The zero-order valence-electron chi connectivity index (χ0n) is 32.8. The second-order valence-corrected chi connectivity index (χ2v) is 15.8. The van der Waals surface area contributed by atoms with Crippen molar-refractivity contribution in [3.63, 3.8) is 0 Å². The van der Waals surface area contributed by atoms with Crippen molar-refractivity contribution in [2.75, 3.05) is 47.5 Å². The molecule has 0 aliphatic heterocycles. The van der Waals surface area contributed by atoms with Crippen molar-refractivity contribution >= 4 is 25.5 Å². The van der Waals surface area contributed by atoms with E-state index in [1.54, 1.807) is 6.08 Å². The maximum atomic E-state index is 12.6. The van der Waals surface area contributed by atoms with Gasteiger partial charge in [0.15, 0.2) is 11.9 Å². The summed E-state index contributed by atoms with van der Waals surface area (Å²) >= 11 is 0. The number of allylic oxidation sites excluding steroid dienone is 6. The zero-order valence-corrected chi connectivity index (χ0v) is 33.7. The molecule has 296 valence electrons. The van der Waals surface area contributed by atoms with Crippen LogP contribution in [0.5, 0.6) is 0 Å². The minimum absolute atomic E-state index is 0.0138. The van der Waals surface area contributed by atoms with Crippen LogP contribution in [0.2, 0.25) is 0 Å². The van der Waals surface area contributed by atoms with Crippen molar-refractivity contribution in [1.82, 2.24) is 0 Å². The van der Waals surface area contributed by atoms with Gasteiger partial charge in [-0.1, -0.05) is 108 Å². The highest BCUT2D eigenvalue weighted by Crippen LogP contribution is 2.43. The summed E-state index contributed by atoms with van der Waals surface area (Å²) in [5.41, 5.74) is 0. The second kappa shape index (κ2) is 32.5. The Morgan fingerprint density at radius 3 is 1.82 bits per heavy atom. The summed E-state index contributed by atoms with van der Waals surface area (Å²) in [6.07, 6.45) is 30.3. The topological polar surface area (TPSA) is 125 Å². The number of ether oxygens (including phenoxy) is 2. The smallest absolute Gasteiger partial charge is 0.462 e. The summed E-state index contributed by atoms with van der Waals surface area (Å²) in [5.74, 6) is -0.700. The number of quaternary nitrogens is 1. The van der Waals surface area contributed by atoms with Crippen molar-refractivity contribution < 1.29 is 46.8 Å². The highest BCUT2D eigenvalue weighted by atomic mass is 31.2. The van der Waals surface area contributed by atoms with Crippen LogP contribution < -0.4 is 0 Å². The second-order valence-electron chi connectivity index (χ2n) is 14.3. The molecule has 0 rings (SSSR count). The molecular weight excluding hydrogens is 669 g/mol. The Kier molecular flexibility index (Phi) is 31.2. The zero-order chi connectivity index (χ0) is 38.1. The lowest BCUT2D eigenvalue weighted by Crippen LogP contribution is -2.37. The first-order valence-electron chi connectivity index (χ1n) is 19.7. The van der Waals surface area contributed by atoms with E-state index in [-0.39, 0.29) is 31.8 Å². The van der Waals surface area contributed by atoms with Crippen LogP contribution in [0.1, 0.15) is 149 Å². The van der Waals surface area contributed by atoms with Crippen molar-refractivity contribution in [3.05, 3.63) is 36.5 Å². The lowest BCUT2D eigenvalue weighted by molar-refractivity contribution is -0.870. The van der Waals surface area contributed by atoms with E-state index in [1.807, 2.05) is 33.3 Å². The molecule has 0 radical (unpaired) electrons. The van der Waals surface area contributed by atoms with E-state index in [1.165, 1.54) is 12.8 Å². The quantitative estimate of drug-likeness (QED) is 0.0128. The number of phosphoric acid groups is 1. The molecule has 0 amide bonds. The summed E-state index contributed by atoms with van der Waals surface area (Å²) in [6.45, 7) is 4.14. The number of carbonyl (C=O) groups excluding carboxylic acids is 3. The van der Waals surface area contributed by atoms with E-state index in [2.05, 4.69) is 32.1 Å². The van der Waals surface area contributed by atoms with Gasteiger partial charge in [-0.05, 0) is 57.4 Å². The first-order chi connectivity index (χ1) is 24.4. The summed E-state index contributed by atoms with van der Waals surface area (Å²) in [6, 6.07) is 0. The molecule has 1 N–H and O–H groups in total. The molecule has 0 aliphatic carbocycles. The number of nitrogens with zero attached hydrogens (tertiary/aromatic N) is 1. The van der Waals surface area contributed by atoms with Crippen molar-refractivity contribution in [3.8, 4) is 0 Å². The summed E-state index contributed by atoms with van der Waals surface area (Å²) in [4.78, 5) is 46.9. The van der Waals surface area contributed by atoms with Gasteiger partial charge in [0.05, 0.1) is 27.7 Å². The number of likely N-dealkylation sites (N-methyl/N-ethyl adjacent to an activating group) is 1. The molecule has 10 nitrogen and oxygen atoms in total. The van der Waals surface area contributed by atoms with Gasteiger partial charge in [-0.25, -0.2) is 4.57 Å². The molecule has 1 unspecified atom stereocenters. The van der Waals surface area contributed by atoms with Crippen LogP contribution in [0.15, 0.2) is 36.5 Å². The fourth-order valence-corrected chi connectivity index (χ4v) is 5.66. The predicted octanol–water partition coefficient (Wildman–Crippen LogP) is 9.75. The monoisotopic (exact) mass is 743 g/mol. The fourth-order valence-electron chi connectivity index (χ4n) is 4.92. The van der Waals surface area contributed by atoms with Gasteiger partial charge in [-0.2, -0.15) is 0 Å². The Labute approximate surface area is 310 Å². The molecule has 0 bridgehead atoms. The maximum Gasteiger partial charge on any atom is 0.472 e. The van der Waals surface area contributed by atoms with E-state index in [9.17, 15) is 23.8 Å². The van der Waals surface area contributed by atoms with Crippen LogP contribution in [-0.4, -0.2) is 80.7 Å². The van der Waals surface area contributed by atoms with Crippen molar-refractivity contribution in [2.45, 2.75) is 155 Å². The van der Waals surface area contributed by atoms with Gasteiger partial charge in [0.25, 0.3) is 0 Å². The number of hydrogen-bond acceptors (Lipinski definition) is 8. The van der Waals surface area contributed by atoms with Crippen LogP contribution in [-0.2, 0) is 37.5 Å². The van der Waals surface area contributed by atoms with Crippen LogP contribution in [0, 0.1) is 0 Å². The third-order valence-corrected chi connectivity index (χ3v) is 9.10. The number of rotatable bonds is 35. The molecule has 0 saturated heterocycles. The number of hydrogen-bond donors (Lipinski definition) is 1. The Balaban J connectivity index is 4.51. The average Bonchev–Trinajstić information content (AvgIpc) is 3.06. The highest BCUT2D eigenvalue weighted by molar-refractivity contribution is 7.47. The Hall–Kier alpha value is -2.10. The number of carbonyl (C=O) groups is 3. The third kappa shape index (κ3) is 36.1. The molecule has 0 aromatic carbocycles. The van der Waals surface area contributed by atoms with Gasteiger partial charge in [0, 0.05) is 19.3 Å². The molecular formula is C40H73NO9P+. The van der Waals surface area contributed by atoms with Gasteiger partial charge < -0.3 is 18.9 Å². The number of ketones is 1. The minimum Gasteiger partial charge on any atom is -0.462 e. The van der Waals surface area contributed by atoms with E-state index in [4.69, 9.17) is 18.5 Å². The van der Waals surface area contributed by atoms with Gasteiger partial charge in [-0.3, -0.25) is 23.4 Å². The molecule has 0 aliphatic rings. The first-order valence-corrected chi connectivity index (χ1v) is 21.2. The van der Waals surface area contributed by atoms with Gasteiger partial charge in [-0.15, -0.1) is 0 Å². The fraction of sp³-hybridized carbons (Fsp3) is 0.775. The number of esters is 2. The van der Waals surface area contributed by atoms with E-state index < -0.39 is 32.5 Å². The summed E-state index contributed by atoms with van der Waals surface area (Å²) in [7, 11) is 1.41. The first kappa shape index (κ1) is 48.9. The standard InChI is InChI=1S/C40H72NO9P/c1-6-8-10-11-12-13-14-17-20-23-27-31-39(43)47-35-38(36-49-51(45,46)48-34-33-41(3,4)5)50-40(44)32-28-24-21-18-15-16-19-22-26-30-37(42)29-25-9-7-2/h11-12,19,22,26,30,38H,6-10,13-18,20-21,23-25,27-29,31-36H2,1-5H3/p+1/b12-11-,22-19-,30-26+/t38-/m1/s1. The Morgan fingerprint density at radius 1 is 0.647 bits per heavy atom. The lowest BCUT2D eigenvalue weighted by atomic mass is 10.1. The molecule has 0 fully saturated rings. The van der Waals surface area contributed by atoms with Gasteiger partial charge in [0.2, 0.25) is 0 Å². The molecule has 0 aromatic rings. The Bertz CT molecular complexity index is 1040. The molecule has 0 aromatic heterocycles. The van der Waals surface area contributed by atoms with Crippen LogP contribution >= 0.6 is 7.82 Å². The van der Waals surface area contributed by atoms with E-state index in [0.717, 1.165) is 89.9 Å². The SMILES string of the molecule is CCCC/C=C\CCCCCCCC(=O)OC[C@H](COP(=O)(O)OCC[N+](C)(C)C)OC(=O)CCCCCCC/C=C\C=C\C(=O)CCCCC.